The summed E-state index contributed by atoms with van der Waals surface area (Å²) in [5.41, 5.74) is 0.927. The highest BCUT2D eigenvalue weighted by molar-refractivity contribution is 7.09. The minimum Gasteiger partial charge on any atom is -0.387 e. The van der Waals surface area contributed by atoms with Gasteiger partial charge in [0.25, 0.3) is 0 Å². The minimum atomic E-state index is -0.382. The van der Waals surface area contributed by atoms with Crippen molar-refractivity contribution in [2.75, 3.05) is 0 Å². The zero-order valence-corrected chi connectivity index (χ0v) is 10.2. The summed E-state index contributed by atoms with van der Waals surface area (Å²) in [4.78, 5) is 4.47. The molecular formula is C11H19NOS. The third-order valence-corrected chi connectivity index (χ3v) is 3.35. The van der Waals surface area contributed by atoms with Gasteiger partial charge in [-0.3, -0.25) is 0 Å². The SMILES string of the molecule is CCCC(O)c1csc(C(C)(C)C)n1. The first kappa shape index (κ1) is 11.7. The lowest BCUT2D eigenvalue weighted by Gasteiger charge is -2.14. The van der Waals surface area contributed by atoms with E-state index in [1.54, 1.807) is 11.3 Å². The van der Waals surface area contributed by atoms with Gasteiger partial charge in [0.1, 0.15) is 0 Å². The summed E-state index contributed by atoms with van der Waals surface area (Å²) in [5, 5.41) is 12.8. The van der Waals surface area contributed by atoms with Crippen molar-refractivity contribution in [3.63, 3.8) is 0 Å². The first-order chi connectivity index (χ1) is 6.45. The van der Waals surface area contributed by atoms with E-state index in [2.05, 4.69) is 32.7 Å². The Morgan fingerprint density at radius 2 is 2.14 bits per heavy atom. The van der Waals surface area contributed by atoms with E-state index in [0.717, 1.165) is 23.5 Å². The highest BCUT2D eigenvalue weighted by Gasteiger charge is 2.19. The van der Waals surface area contributed by atoms with E-state index in [9.17, 15) is 5.11 Å². The molecule has 1 aromatic rings. The Morgan fingerprint density at radius 1 is 1.50 bits per heavy atom. The third kappa shape index (κ3) is 2.79. The molecule has 0 fully saturated rings. The van der Waals surface area contributed by atoms with Crippen LogP contribution in [0.25, 0.3) is 0 Å². The molecule has 0 aliphatic carbocycles. The van der Waals surface area contributed by atoms with Crippen LogP contribution in [0.15, 0.2) is 5.38 Å². The van der Waals surface area contributed by atoms with Crippen LogP contribution in [0, 0.1) is 0 Å². The average Bonchev–Trinajstić information content (AvgIpc) is 2.51. The average molecular weight is 213 g/mol. The van der Waals surface area contributed by atoms with Crippen molar-refractivity contribution in [2.24, 2.45) is 0 Å². The predicted molar refractivity (Wildman–Crippen MR) is 60.7 cm³/mol. The van der Waals surface area contributed by atoms with Crippen LogP contribution < -0.4 is 0 Å². The Hall–Kier alpha value is -0.410. The van der Waals surface area contributed by atoms with E-state index in [1.165, 1.54) is 0 Å². The summed E-state index contributed by atoms with van der Waals surface area (Å²) < 4.78 is 0. The molecule has 1 unspecified atom stereocenters. The van der Waals surface area contributed by atoms with Crippen molar-refractivity contribution in [2.45, 2.75) is 52.1 Å². The smallest absolute Gasteiger partial charge is 0.0983 e. The van der Waals surface area contributed by atoms with Crippen molar-refractivity contribution in [1.82, 2.24) is 4.98 Å². The zero-order valence-electron chi connectivity index (χ0n) is 9.37. The topological polar surface area (TPSA) is 33.1 Å². The van der Waals surface area contributed by atoms with Gasteiger partial charge in [-0.2, -0.15) is 0 Å². The number of aliphatic hydroxyl groups excluding tert-OH is 1. The number of thiazole rings is 1. The van der Waals surface area contributed by atoms with Crippen LogP contribution in [-0.4, -0.2) is 10.1 Å². The Kier molecular flexibility index (Phi) is 3.67. The fourth-order valence-corrected chi connectivity index (χ4v) is 2.16. The van der Waals surface area contributed by atoms with E-state index < -0.39 is 0 Å². The summed E-state index contributed by atoms with van der Waals surface area (Å²) >= 11 is 1.64. The lowest BCUT2D eigenvalue weighted by Crippen LogP contribution is -2.11. The van der Waals surface area contributed by atoms with E-state index in [-0.39, 0.29) is 11.5 Å². The van der Waals surface area contributed by atoms with Gasteiger partial charge in [0, 0.05) is 10.8 Å². The van der Waals surface area contributed by atoms with Crippen LogP contribution in [0.1, 0.15) is 57.3 Å². The van der Waals surface area contributed by atoms with E-state index in [1.807, 2.05) is 5.38 Å². The molecular weight excluding hydrogens is 194 g/mol. The molecule has 0 spiro atoms. The van der Waals surface area contributed by atoms with Gasteiger partial charge in [0.05, 0.1) is 16.8 Å². The fourth-order valence-electron chi connectivity index (χ4n) is 1.21. The maximum atomic E-state index is 9.74. The molecule has 1 aromatic heterocycles. The largest absolute Gasteiger partial charge is 0.387 e. The van der Waals surface area contributed by atoms with Crippen LogP contribution in [0.5, 0.6) is 0 Å². The minimum absolute atomic E-state index is 0.0921. The lowest BCUT2D eigenvalue weighted by molar-refractivity contribution is 0.162. The molecule has 0 aliphatic heterocycles. The molecule has 0 saturated heterocycles. The summed E-state index contributed by atoms with van der Waals surface area (Å²) in [6.07, 6.45) is 1.41. The van der Waals surface area contributed by atoms with Gasteiger partial charge in [0.15, 0.2) is 0 Å². The second-order valence-electron chi connectivity index (χ2n) is 4.63. The molecule has 1 atom stereocenters. The molecule has 0 bridgehead atoms. The molecule has 0 amide bonds. The van der Waals surface area contributed by atoms with Crippen molar-refractivity contribution in [3.8, 4) is 0 Å². The van der Waals surface area contributed by atoms with Crippen LogP contribution >= 0.6 is 11.3 Å². The molecule has 0 aliphatic rings. The molecule has 0 saturated carbocycles. The maximum Gasteiger partial charge on any atom is 0.0983 e. The van der Waals surface area contributed by atoms with Crippen molar-refractivity contribution < 1.29 is 5.11 Å². The maximum absolute atomic E-state index is 9.74. The third-order valence-electron chi connectivity index (χ3n) is 2.07. The van der Waals surface area contributed by atoms with Crippen LogP contribution in [0.4, 0.5) is 0 Å². The van der Waals surface area contributed by atoms with Crippen molar-refractivity contribution >= 4 is 11.3 Å². The zero-order chi connectivity index (χ0) is 10.8. The Labute approximate surface area is 90.0 Å². The van der Waals surface area contributed by atoms with Gasteiger partial charge < -0.3 is 5.11 Å². The summed E-state index contributed by atoms with van der Waals surface area (Å²) in [6.45, 7) is 8.49. The fraction of sp³-hybridized carbons (Fsp3) is 0.727. The van der Waals surface area contributed by atoms with Crippen molar-refractivity contribution in [1.29, 1.82) is 0 Å². The molecule has 3 heteroatoms. The molecule has 14 heavy (non-hydrogen) atoms. The number of aromatic nitrogens is 1. The first-order valence-corrected chi connectivity index (χ1v) is 5.97. The highest BCUT2D eigenvalue weighted by atomic mass is 32.1. The van der Waals surface area contributed by atoms with Gasteiger partial charge in [-0.1, -0.05) is 34.1 Å². The van der Waals surface area contributed by atoms with Gasteiger partial charge in [-0.05, 0) is 6.42 Å². The van der Waals surface area contributed by atoms with Crippen molar-refractivity contribution in [3.05, 3.63) is 16.1 Å². The van der Waals surface area contributed by atoms with Gasteiger partial charge in [0.2, 0.25) is 0 Å². The summed E-state index contributed by atoms with van der Waals surface area (Å²) in [7, 11) is 0. The van der Waals surface area contributed by atoms with Gasteiger partial charge >= 0.3 is 0 Å². The number of nitrogens with zero attached hydrogens (tertiary/aromatic N) is 1. The first-order valence-electron chi connectivity index (χ1n) is 5.09. The summed E-state index contributed by atoms with van der Waals surface area (Å²) in [6, 6.07) is 0. The molecule has 0 aromatic carbocycles. The molecule has 0 radical (unpaired) electrons. The Balaban J connectivity index is 2.78. The number of rotatable bonds is 3. The Morgan fingerprint density at radius 3 is 2.57 bits per heavy atom. The molecule has 2 nitrogen and oxygen atoms in total. The molecule has 1 rings (SSSR count). The van der Waals surface area contributed by atoms with Crippen LogP contribution in [0.3, 0.4) is 0 Å². The quantitative estimate of drug-likeness (QED) is 0.836. The molecule has 80 valence electrons. The van der Waals surface area contributed by atoms with E-state index >= 15 is 0 Å². The van der Waals surface area contributed by atoms with Gasteiger partial charge in [-0.25, -0.2) is 4.98 Å². The summed E-state index contributed by atoms with van der Waals surface area (Å²) in [5.74, 6) is 0. The predicted octanol–water partition coefficient (Wildman–Crippen LogP) is 3.27. The standard InChI is InChI=1S/C11H19NOS/c1-5-6-9(13)8-7-14-10(12-8)11(2,3)4/h7,9,13H,5-6H2,1-4H3. The monoisotopic (exact) mass is 213 g/mol. The van der Waals surface area contributed by atoms with Gasteiger partial charge in [-0.15, -0.1) is 11.3 Å². The van der Waals surface area contributed by atoms with E-state index in [0.29, 0.717) is 0 Å². The molecule has 1 N–H and O–H groups in total. The highest BCUT2D eigenvalue weighted by Crippen LogP contribution is 2.28. The molecule has 1 heterocycles. The second kappa shape index (κ2) is 4.41. The lowest BCUT2D eigenvalue weighted by atomic mass is 9.98. The second-order valence-corrected chi connectivity index (χ2v) is 5.49. The van der Waals surface area contributed by atoms with Crippen LogP contribution in [-0.2, 0) is 5.41 Å². The van der Waals surface area contributed by atoms with E-state index in [4.69, 9.17) is 0 Å². The number of aliphatic hydroxyl groups is 1. The van der Waals surface area contributed by atoms with Crippen LogP contribution in [0.2, 0.25) is 0 Å². The number of hydrogen-bond donors (Lipinski definition) is 1. The number of hydrogen-bond acceptors (Lipinski definition) is 3. The Bertz CT molecular complexity index is 288. The normalized spacial score (nSPS) is 14.4.